The highest BCUT2D eigenvalue weighted by Crippen LogP contribution is 2.34. The molecule has 2 aromatic heterocycles. The van der Waals surface area contributed by atoms with Gasteiger partial charge in [-0.25, -0.2) is 4.98 Å². The number of nitrogens with zero attached hydrogens (tertiary/aromatic N) is 2. The van der Waals surface area contributed by atoms with Gasteiger partial charge in [0.1, 0.15) is 22.9 Å². The molecule has 0 fully saturated rings. The fourth-order valence-corrected chi connectivity index (χ4v) is 2.96. The largest absolute Gasteiger partial charge is 0.507 e. The average Bonchev–Trinajstić information content (AvgIpc) is 2.99. The van der Waals surface area contributed by atoms with Crippen molar-refractivity contribution in [3.63, 3.8) is 0 Å². The van der Waals surface area contributed by atoms with Crippen LogP contribution in [-0.2, 0) is 6.54 Å². The van der Waals surface area contributed by atoms with Gasteiger partial charge in [-0.05, 0) is 36.2 Å². The van der Waals surface area contributed by atoms with Crippen molar-refractivity contribution in [3.05, 3.63) is 84.1 Å². The van der Waals surface area contributed by atoms with Crippen LogP contribution in [0.3, 0.4) is 0 Å². The predicted octanol–water partition coefficient (Wildman–Crippen LogP) is 4.63. The minimum absolute atomic E-state index is 0.227. The van der Waals surface area contributed by atoms with E-state index in [9.17, 15) is 5.11 Å². The van der Waals surface area contributed by atoms with Gasteiger partial charge >= 0.3 is 0 Å². The number of phenols is 1. The van der Waals surface area contributed by atoms with Crippen LogP contribution in [0.1, 0.15) is 11.1 Å². The van der Waals surface area contributed by atoms with Gasteiger partial charge in [0, 0.05) is 18.3 Å². The van der Waals surface area contributed by atoms with E-state index in [-0.39, 0.29) is 5.75 Å². The molecule has 0 saturated carbocycles. The number of hydrogen-bond donors (Lipinski definition) is 2. The first-order valence-corrected chi connectivity index (χ1v) is 8.27. The number of aromatic nitrogens is 2. The molecule has 0 amide bonds. The van der Waals surface area contributed by atoms with E-state index in [1.807, 2.05) is 52.9 Å². The minimum Gasteiger partial charge on any atom is -0.507 e. The second-order valence-electron chi connectivity index (χ2n) is 6.10. The van der Waals surface area contributed by atoms with Crippen molar-refractivity contribution in [3.8, 4) is 17.0 Å². The number of phenolic OH excluding ortho intramolecular Hbond substituents is 1. The molecular formula is C21H19N3O. The third-order valence-electron chi connectivity index (χ3n) is 4.23. The molecule has 4 aromatic rings. The van der Waals surface area contributed by atoms with Gasteiger partial charge in [0.2, 0.25) is 0 Å². The lowest BCUT2D eigenvalue weighted by atomic mass is 10.1. The minimum atomic E-state index is 0.227. The number of aromatic hydroxyl groups is 1. The van der Waals surface area contributed by atoms with E-state index in [1.54, 1.807) is 6.07 Å². The van der Waals surface area contributed by atoms with Crippen molar-refractivity contribution < 1.29 is 5.11 Å². The summed E-state index contributed by atoms with van der Waals surface area (Å²) in [6.45, 7) is 2.74. The van der Waals surface area contributed by atoms with E-state index >= 15 is 0 Å². The molecule has 0 aliphatic carbocycles. The Kier molecular flexibility index (Phi) is 3.86. The van der Waals surface area contributed by atoms with Gasteiger partial charge in [0.25, 0.3) is 0 Å². The molecule has 0 spiro atoms. The monoisotopic (exact) mass is 329 g/mol. The topological polar surface area (TPSA) is 49.6 Å². The molecule has 2 heterocycles. The van der Waals surface area contributed by atoms with Crippen molar-refractivity contribution in [2.24, 2.45) is 0 Å². The zero-order chi connectivity index (χ0) is 17.2. The van der Waals surface area contributed by atoms with Crippen LogP contribution in [0.25, 0.3) is 16.9 Å². The van der Waals surface area contributed by atoms with Gasteiger partial charge in [-0.15, -0.1) is 0 Å². The molecule has 4 nitrogen and oxygen atoms in total. The SMILES string of the molecule is Cc1ccc2nc(-c3ccccc3O)c(NCc3ccccc3)n2c1. The summed E-state index contributed by atoms with van der Waals surface area (Å²) in [4.78, 5) is 4.74. The number of imidazole rings is 1. The number of nitrogens with one attached hydrogen (secondary N) is 1. The number of anilines is 1. The third-order valence-corrected chi connectivity index (χ3v) is 4.23. The van der Waals surface area contributed by atoms with E-state index in [2.05, 4.69) is 30.6 Å². The predicted molar refractivity (Wildman–Crippen MR) is 101 cm³/mol. The van der Waals surface area contributed by atoms with Crippen LogP contribution in [0.4, 0.5) is 5.82 Å². The normalized spacial score (nSPS) is 10.9. The maximum Gasteiger partial charge on any atom is 0.139 e. The third kappa shape index (κ3) is 2.94. The lowest BCUT2D eigenvalue weighted by Gasteiger charge is -2.10. The summed E-state index contributed by atoms with van der Waals surface area (Å²) >= 11 is 0. The van der Waals surface area contributed by atoms with E-state index in [0.29, 0.717) is 6.54 Å². The molecule has 0 saturated heterocycles. The lowest BCUT2D eigenvalue weighted by Crippen LogP contribution is -2.03. The first-order chi connectivity index (χ1) is 12.2. The molecule has 0 aliphatic heterocycles. The number of pyridine rings is 1. The highest BCUT2D eigenvalue weighted by molar-refractivity contribution is 5.80. The summed E-state index contributed by atoms with van der Waals surface area (Å²) in [6, 6.07) is 21.6. The van der Waals surface area contributed by atoms with Crippen LogP contribution in [0, 0.1) is 6.92 Å². The Balaban J connectivity index is 1.83. The second kappa shape index (κ2) is 6.32. The molecular weight excluding hydrogens is 310 g/mol. The molecule has 0 atom stereocenters. The summed E-state index contributed by atoms with van der Waals surface area (Å²) in [5, 5.41) is 13.8. The van der Waals surface area contributed by atoms with Crippen LogP contribution in [0.15, 0.2) is 72.9 Å². The summed E-state index contributed by atoms with van der Waals surface area (Å²) in [5.41, 5.74) is 4.66. The molecule has 4 heteroatoms. The zero-order valence-corrected chi connectivity index (χ0v) is 14.0. The Morgan fingerprint density at radius 1 is 0.960 bits per heavy atom. The van der Waals surface area contributed by atoms with Crippen molar-refractivity contribution in [2.45, 2.75) is 13.5 Å². The summed E-state index contributed by atoms with van der Waals surface area (Å²) in [7, 11) is 0. The molecule has 0 radical (unpaired) electrons. The molecule has 0 unspecified atom stereocenters. The van der Waals surface area contributed by atoms with Gasteiger partial charge in [-0.2, -0.15) is 0 Å². The van der Waals surface area contributed by atoms with Crippen LogP contribution >= 0.6 is 0 Å². The standard InChI is InChI=1S/C21H19N3O/c1-15-11-12-19-23-20(17-9-5-6-10-18(17)25)21(24(19)14-15)22-13-16-7-3-2-4-8-16/h2-12,14,22,25H,13H2,1H3. The van der Waals surface area contributed by atoms with E-state index < -0.39 is 0 Å². The molecule has 0 aliphatic rings. The number of para-hydroxylation sites is 1. The van der Waals surface area contributed by atoms with Crippen molar-refractivity contribution in [2.75, 3.05) is 5.32 Å². The maximum absolute atomic E-state index is 10.3. The second-order valence-corrected chi connectivity index (χ2v) is 6.10. The fraction of sp³-hybridized carbons (Fsp3) is 0.0952. The van der Waals surface area contributed by atoms with Gasteiger partial charge in [-0.3, -0.25) is 4.40 Å². The van der Waals surface area contributed by atoms with Crippen LogP contribution in [-0.4, -0.2) is 14.5 Å². The highest BCUT2D eigenvalue weighted by atomic mass is 16.3. The van der Waals surface area contributed by atoms with Crippen LogP contribution < -0.4 is 5.32 Å². The van der Waals surface area contributed by atoms with E-state index in [1.165, 1.54) is 5.56 Å². The van der Waals surface area contributed by atoms with Gasteiger partial charge < -0.3 is 10.4 Å². The average molecular weight is 329 g/mol. The first-order valence-electron chi connectivity index (χ1n) is 8.27. The van der Waals surface area contributed by atoms with Crippen molar-refractivity contribution in [1.82, 2.24) is 9.38 Å². The Morgan fingerprint density at radius 3 is 2.52 bits per heavy atom. The lowest BCUT2D eigenvalue weighted by molar-refractivity contribution is 0.477. The Morgan fingerprint density at radius 2 is 1.72 bits per heavy atom. The van der Waals surface area contributed by atoms with Crippen LogP contribution in [0.2, 0.25) is 0 Å². The molecule has 25 heavy (non-hydrogen) atoms. The van der Waals surface area contributed by atoms with E-state index in [4.69, 9.17) is 4.98 Å². The molecule has 0 bridgehead atoms. The number of fused-ring (bicyclic) bond motifs is 1. The molecule has 4 rings (SSSR count). The summed E-state index contributed by atoms with van der Waals surface area (Å²) < 4.78 is 2.04. The smallest absolute Gasteiger partial charge is 0.139 e. The van der Waals surface area contributed by atoms with Gasteiger partial charge in [0.05, 0.1) is 0 Å². The van der Waals surface area contributed by atoms with Crippen LogP contribution in [0.5, 0.6) is 5.75 Å². The summed E-state index contributed by atoms with van der Waals surface area (Å²) in [5.74, 6) is 1.11. The molecule has 124 valence electrons. The van der Waals surface area contributed by atoms with Crippen molar-refractivity contribution in [1.29, 1.82) is 0 Å². The zero-order valence-electron chi connectivity index (χ0n) is 14.0. The molecule has 2 aromatic carbocycles. The Bertz CT molecular complexity index is 1020. The maximum atomic E-state index is 10.3. The summed E-state index contributed by atoms with van der Waals surface area (Å²) in [6.07, 6.45) is 2.05. The molecule has 2 N–H and O–H groups in total. The van der Waals surface area contributed by atoms with Gasteiger partial charge in [0.15, 0.2) is 0 Å². The highest BCUT2D eigenvalue weighted by Gasteiger charge is 2.16. The number of rotatable bonds is 4. The number of hydrogen-bond acceptors (Lipinski definition) is 3. The Labute approximate surface area is 146 Å². The van der Waals surface area contributed by atoms with Crippen molar-refractivity contribution >= 4 is 11.5 Å². The Hall–Kier alpha value is -3.27. The first kappa shape index (κ1) is 15.3. The number of benzene rings is 2. The van der Waals surface area contributed by atoms with Gasteiger partial charge in [-0.1, -0.05) is 48.5 Å². The quantitative estimate of drug-likeness (QED) is 0.574. The van der Waals surface area contributed by atoms with E-state index in [0.717, 1.165) is 28.3 Å². The number of aryl methyl sites for hydroxylation is 1. The fourth-order valence-electron chi connectivity index (χ4n) is 2.96.